The van der Waals surface area contributed by atoms with Gasteiger partial charge in [-0.1, -0.05) is 35.3 Å². The molecule has 0 heterocycles. The van der Waals surface area contributed by atoms with Crippen LogP contribution >= 0.6 is 23.2 Å². The van der Waals surface area contributed by atoms with Crippen LogP contribution in [0.5, 0.6) is 11.5 Å². The van der Waals surface area contributed by atoms with Crippen LogP contribution < -0.4 is 10.1 Å². The molecule has 1 aliphatic carbocycles. The van der Waals surface area contributed by atoms with E-state index in [1.165, 1.54) is 18.4 Å². The highest BCUT2D eigenvalue weighted by Crippen LogP contribution is 2.28. The summed E-state index contributed by atoms with van der Waals surface area (Å²) in [4.78, 5) is 0. The lowest BCUT2D eigenvalue weighted by atomic mass is 10.2. The Kier molecular flexibility index (Phi) is 4.16. The lowest BCUT2D eigenvalue weighted by molar-refractivity contribution is 0.481. The van der Waals surface area contributed by atoms with Gasteiger partial charge in [-0.25, -0.2) is 0 Å². The molecule has 0 saturated heterocycles. The Labute approximate surface area is 128 Å². The molecule has 20 heavy (non-hydrogen) atoms. The van der Waals surface area contributed by atoms with Gasteiger partial charge in [-0.3, -0.25) is 0 Å². The van der Waals surface area contributed by atoms with Gasteiger partial charge < -0.3 is 10.1 Å². The summed E-state index contributed by atoms with van der Waals surface area (Å²) in [6.07, 6.45) is 2.58. The number of hydrogen-bond acceptors (Lipinski definition) is 2. The molecule has 2 nitrogen and oxygen atoms in total. The van der Waals surface area contributed by atoms with Crippen LogP contribution in [0.4, 0.5) is 0 Å². The largest absolute Gasteiger partial charge is 0.457 e. The fraction of sp³-hybridized carbons (Fsp3) is 0.250. The maximum Gasteiger partial charge on any atom is 0.130 e. The molecule has 0 bridgehead atoms. The van der Waals surface area contributed by atoms with Crippen molar-refractivity contribution in [2.45, 2.75) is 25.4 Å². The van der Waals surface area contributed by atoms with Crippen molar-refractivity contribution in [3.63, 3.8) is 0 Å². The predicted octanol–water partition coefficient (Wildman–Crippen LogP) is 5.04. The van der Waals surface area contributed by atoms with Crippen molar-refractivity contribution in [1.82, 2.24) is 5.32 Å². The van der Waals surface area contributed by atoms with E-state index in [0.29, 0.717) is 21.8 Å². The van der Waals surface area contributed by atoms with E-state index >= 15 is 0 Å². The van der Waals surface area contributed by atoms with Crippen LogP contribution in [-0.2, 0) is 6.54 Å². The summed E-state index contributed by atoms with van der Waals surface area (Å²) >= 11 is 11.9. The lowest BCUT2D eigenvalue weighted by Gasteiger charge is -2.09. The minimum Gasteiger partial charge on any atom is -0.457 e. The number of benzene rings is 2. The number of halogens is 2. The number of rotatable bonds is 5. The number of ether oxygens (including phenoxy) is 1. The SMILES string of the molecule is Clc1cc(Cl)cc(Oc2cccc(CNC3CC3)c2)c1. The molecule has 0 amide bonds. The average molecular weight is 308 g/mol. The first-order valence-electron chi connectivity index (χ1n) is 6.65. The summed E-state index contributed by atoms with van der Waals surface area (Å²) < 4.78 is 5.81. The summed E-state index contributed by atoms with van der Waals surface area (Å²) in [5, 5.41) is 4.62. The summed E-state index contributed by atoms with van der Waals surface area (Å²) in [5.74, 6) is 1.44. The third-order valence-electron chi connectivity index (χ3n) is 3.14. The smallest absolute Gasteiger partial charge is 0.130 e. The first kappa shape index (κ1) is 13.7. The molecule has 0 aliphatic heterocycles. The van der Waals surface area contributed by atoms with E-state index in [0.717, 1.165) is 12.3 Å². The molecule has 0 spiro atoms. The highest BCUT2D eigenvalue weighted by molar-refractivity contribution is 6.34. The fourth-order valence-electron chi connectivity index (χ4n) is 1.99. The van der Waals surface area contributed by atoms with Gasteiger partial charge in [0.15, 0.2) is 0 Å². The van der Waals surface area contributed by atoms with Gasteiger partial charge in [0, 0.05) is 22.6 Å². The minimum atomic E-state index is 0.569. The molecule has 4 heteroatoms. The van der Waals surface area contributed by atoms with Crippen LogP contribution in [0, 0.1) is 0 Å². The van der Waals surface area contributed by atoms with Gasteiger partial charge in [-0.15, -0.1) is 0 Å². The zero-order valence-corrected chi connectivity index (χ0v) is 12.4. The van der Waals surface area contributed by atoms with Crippen molar-refractivity contribution >= 4 is 23.2 Å². The van der Waals surface area contributed by atoms with E-state index in [1.54, 1.807) is 18.2 Å². The summed E-state index contributed by atoms with van der Waals surface area (Å²) in [5.41, 5.74) is 1.21. The van der Waals surface area contributed by atoms with Gasteiger partial charge >= 0.3 is 0 Å². The maximum atomic E-state index is 5.96. The Bertz CT molecular complexity index is 591. The highest BCUT2D eigenvalue weighted by atomic mass is 35.5. The molecule has 3 rings (SSSR count). The molecular formula is C16H15Cl2NO. The maximum absolute atomic E-state index is 5.96. The molecule has 0 radical (unpaired) electrons. The third kappa shape index (κ3) is 3.89. The molecule has 1 N–H and O–H groups in total. The normalized spacial score (nSPS) is 14.3. The standard InChI is InChI=1S/C16H15Cl2NO/c17-12-7-13(18)9-16(8-12)20-15-3-1-2-11(6-15)10-19-14-4-5-14/h1-3,6-9,14,19H,4-5,10H2. The second-order valence-electron chi connectivity index (χ2n) is 5.01. The first-order chi connectivity index (χ1) is 9.69. The fourth-order valence-corrected chi connectivity index (χ4v) is 2.50. The van der Waals surface area contributed by atoms with Crippen LogP contribution in [0.25, 0.3) is 0 Å². The Morgan fingerprint density at radius 1 is 1.00 bits per heavy atom. The van der Waals surface area contributed by atoms with Gasteiger partial charge in [-0.05, 0) is 48.7 Å². The summed E-state index contributed by atoms with van der Waals surface area (Å²) in [6, 6.07) is 13.9. The molecule has 1 aliphatic rings. The molecule has 2 aromatic carbocycles. The molecule has 0 atom stereocenters. The highest BCUT2D eigenvalue weighted by Gasteiger charge is 2.19. The van der Waals surface area contributed by atoms with E-state index < -0.39 is 0 Å². The van der Waals surface area contributed by atoms with Crippen LogP contribution in [0.3, 0.4) is 0 Å². The molecule has 2 aromatic rings. The van der Waals surface area contributed by atoms with Crippen molar-refractivity contribution in [3.05, 3.63) is 58.1 Å². The van der Waals surface area contributed by atoms with Crippen LogP contribution in [0.1, 0.15) is 18.4 Å². The van der Waals surface area contributed by atoms with Crippen LogP contribution in [-0.4, -0.2) is 6.04 Å². The lowest BCUT2D eigenvalue weighted by Crippen LogP contribution is -2.15. The van der Waals surface area contributed by atoms with Crippen molar-refractivity contribution in [3.8, 4) is 11.5 Å². The quantitative estimate of drug-likeness (QED) is 0.835. The van der Waals surface area contributed by atoms with Crippen molar-refractivity contribution < 1.29 is 4.74 Å². The topological polar surface area (TPSA) is 21.3 Å². The van der Waals surface area contributed by atoms with E-state index in [2.05, 4.69) is 11.4 Å². The van der Waals surface area contributed by atoms with Crippen LogP contribution in [0.15, 0.2) is 42.5 Å². The summed E-state index contributed by atoms with van der Waals surface area (Å²) in [7, 11) is 0. The van der Waals surface area contributed by atoms with Gasteiger partial charge in [0.05, 0.1) is 0 Å². The van der Waals surface area contributed by atoms with Crippen molar-refractivity contribution in [2.75, 3.05) is 0 Å². The van der Waals surface area contributed by atoms with E-state index in [-0.39, 0.29) is 0 Å². The third-order valence-corrected chi connectivity index (χ3v) is 3.58. The zero-order valence-electron chi connectivity index (χ0n) is 10.9. The average Bonchev–Trinajstić information content (AvgIpc) is 3.19. The monoisotopic (exact) mass is 307 g/mol. The van der Waals surface area contributed by atoms with E-state index in [1.807, 2.05) is 18.2 Å². The predicted molar refractivity (Wildman–Crippen MR) is 82.8 cm³/mol. The second-order valence-corrected chi connectivity index (χ2v) is 5.88. The molecule has 104 valence electrons. The van der Waals surface area contributed by atoms with Crippen molar-refractivity contribution in [1.29, 1.82) is 0 Å². The van der Waals surface area contributed by atoms with Gasteiger partial charge in [0.1, 0.15) is 11.5 Å². The molecule has 1 saturated carbocycles. The Hall–Kier alpha value is -1.22. The van der Waals surface area contributed by atoms with E-state index in [4.69, 9.17) is 27.9 Å². The second kappa shape index (κ2) is 6.04. The number of nitrogens with one attached hydrogen (secondary N) is 1. The Balaban J connectivity index is 1.70. The molecule has 0 unspecified atom stereocenters. The Morgan fingerprint density at radius 2 is 1.75 bits per heavy atom. The molecule has 1 fully saturated rings. The Morgan fingerprint density at radius 3 is 2.45 bits per heavy atom. The van der Waals surface area contributed by atoms with Crippen LogP contribution in [0.2, 0.25) is 10.0 Å². The molecule has 0 aromatic heterocycles. The molecular weight excluding hydrogens is 293 g/mol. The van der Waals surface area contributed by atoms with E-state index in [9.17, 15) is 0 Å². The van der Waals surface area contributed by atoms with Gasteiger partial charge in [-0.2, -0.15) is 0 Å². The minimum absolute atomic E-state index is 0.569. The number of hydrogen-bond donors (Lipinski definition) is 1. The van der Waals surface area contributed by atoms with Gasteiger partial charge in [0.2, 0.25) is 0 Å². The zero-order chi connectivity index (χ0) is 13.9. The summed E-state index contributed by atoms with van der Waals surface area (Å²) in [6.45, 7) is 0.873. The van der Waals surface area contributed by atoms with Gasteiger partial charge in [0.25, 0.3) is 0 Å². The first-order valence-corrected chi connectivity index (χ1v) is 7.41. The van der Waals surface area contributed by atoms with Crippen molar-refractivity contribution in [2.24, 2.45) is 0 Å².